The number of halogens is 3. The summed E-state index contributed by atoms with van der Waals surface area (Å²) in [6.45, 7) is 4.31. The molecule has 12 N–H and O–H groups in total. The van der Waals surface area contributed by atoms with Crippen LogP contribution in [-0.4, -0.2) is 39.3 Å². The first-order valence-electron chi connectivity index (χ1n) is 5.83. The maximum atomic E-state index is 5.06. The van der Waals surface area contributed by atoms with Crippen molar-refractivity contribution in [2.75, 3.05) is 39.3 Å². The van der Waals surface area contributed by atoms with Crippen molar-refractivity contribution in [1.82, 2.24) is 0 Å². The van der Waals surface area contributed by atoms with Crippen molar-refractivity contribution < 1.29 is 10.9 Å². The Kier molecular flexibility index (Phi) is 54.4. The second-order valence-electron chi connectivity index (χ2n) is 2.94. The van der Waals surface area contributed by atoms with Gasteiger partial charge in [0, 0.05) is 0 Å². The number of hydrogen-bond acceptors (Lipinski definition) is 6. The van der Waals surface area contributed by atoms with Crippen LogP contribution in [0.25, 0.3) is 0 Å². The van der Waals surface area contributed by atoms with Gasteiger partial charge in [0.15, 0.2) is 0 Å². The van der Waals surface area contributed by atoms with Gasteiger partial charge in [-0.15, -0.1) is 0 Å². The van der Waals surface area contributed by atoms with Gasteiger partial charge >= 0.3 is 41.4 Å². The molecule has 0 spiro atoms. The van der Waals surface area contributed by atoms with Crippen LogP contribution in [0.1, 0.15) is 19.3 Å². The Morgan fingerprint density at radius 2 is 0.579 bits per heavy atom. The molecule has 0 aliphatic heterocycles. The first kappa shape index (κ1) is 28.3. The molecule has 0 unspecified atom stereocenters. The van der Waals surface area contributed by atoms with Crippen LogP contribution in [0.3, 0.4) is 0 Å². The van der Waals surface area contributed by atoms with Crippen molar-refractivity contribution >= 4 is 30.4 Å². The van der Waals surface area contributed by atoms with E-state index in [1.807, 2.05) is 0 Å². The summed E-state index contributed by atoms with van der Waals surface area (Å²) in [5, 5.41) is 0. The summed E-state index contributed by atoms with van der Waals surface area (Å²) in [5.41, 5.74) is 30.4. The fourth-order valence-corrected chi connectivity index (χ4v) is 0.354. The molecule has 0 bridgehead atoms. The summed E-state index contributed by atoms with van der Waals surface area (Å²) < 4.78 is 0. The molecule has 0 saturated heterocycles. The van der Waals surface area contributed by atoms with Gasteiger partial charge in [0.2, 0.25) is 0 Å². The molecule has 0 aliphatic rings. The van der Waals surface area contributed by atoms with E-state index in [1.165, 1.54) is 0 Å². The van der Waals surface area contributed by atoms with Crippen molar-refractivity contribution in [2.45, 2.75) is 19.3 Å². The van der Waals surface area contributed by atoms with Gasteiger partial charge < -0.3 is 34.4 Å². The van der Waals surface area contributed by atoms with E-state index in [0.29, 0.717) is 0 Å². The second-order valence-corrected chi connectivity index (χ2v) is 8.09. The topological polar surface area (TPSA) is 156 Å². The van der Waals surface area contributed by atoms with E-state index in [9.17, 15) is 0 Å². The van der Waals surface area contributed by atoms with Crippen LogP contribution >= 0.6 is 30.4 Å². The fraction of sp³-hybridized carbons (Fsp3) is 1.00. The van der Waals surface area contributed by atoms with Crippen LogP contribution in [0.4, 0.5) is 0 Å². The van der Waals surface area contributed by atoms with Crippen molar-refractivity contribution in [2.24, 2.45) is 34.4 Å². The van der Waals surface area contributed by atoms with Gasteiger partial charge in [-0.1, -0.05) is 0 Å². The van der Waals surface area contributed by atoms with Gasteiger partial charge in [-0.3, -0.25) is 0 Å². The minimum absolute atomic E-state index is 0.719. The molecule has 0 atom stereocenters. The van der Waals surface area contributed by atoms with Crippen molar-refractivity contribution in [3.63, 3.8) is 0 Å². The quantitative estimate of drug-likeness (QED) is 0.375. The van der Waals surface area contributed by atoms with E-state index < -0.39 is 10.9 Å². The monoisotopic (exact) mass is 386 g/mol. The van der Waals surface area contributed by atoms with Gasteiger partial charge in [0.1, 0.15) is 0 Å². The average molecular weight is 388 g/mol. The summed E-state index contributed by atoms with van der Waals surface area (Å²) >= 11 is 0. The Hall–Kier alpha value is 1.14. The third-order valence-corrected chi connectivity index (χ3v) is 1.22. The first-order valence-corrected chi connectivity index (χ1v) is 10.1. The number of nitrogens with two attached hydrogens (primary N) is 6. The van der Waals surface area contributed by atoms with Crippen LogP contribution in [0.2, 0.25) is 0 Å². The van der Waals surface area contributed by atoms with Crippen molar-refractivity contribution in [1.29, 1.82) is 0 Å². The molecular formula is C9H30Cl3CoN6. The van der Waals surface area contributed by atoms with Gasteiger partial charge in [-0.25, -0.2) is 0 Å². The molecule has 0 aliphatic carbocycles. The molecule has 0 aromatic carbocycles. The van der Waals surface area contributed by atoms with Crippen LogP contribution in [0.5, 0.6) is 0 Å². The zero-order valence-corrected chi connectivity index (χ0v) is 14.6. The number of hydrogen-bond donors (Lipinski definition) is 6. The third-order valence-electron chi connectivity index (χ3n) is 1.22. The Morgan fingerprint density at radius 3 is 0.579 bits per heavy atom. The zero-order valence-electron chi connectivity index (χ0n) is 11.3. The molecule has 19 heavy (non-hydrogen) atoms. The summed E-state index contributed by atoms with van der Waals surface area (Å²) in [7, 11) is 13.4. The second kappa shape index (κ2) is 36.5. The molecule has 10 heteroatoms. The van der Waals surface area contributed by atoms with Crippen molar-refractivity contribution in [3.05, 3.63) is 0 Å². The molecule has 0 radical (unpaired) electrons. The summed E-state index contributed by atoms with van der Waals surface area (Å²) in [6, 6.07) is 0. The molecule has 0 aromatic rings. The van der Waals surface area contributed by atoms with Gasteiger partial charge in [0.25, 0.3) is 0 Å². The molecule has 0 saturated carbocycles. The van der Waals surface area contributed by atoms with E-state index in [2.05, 4.69) is 0 Å². The maximum absolute atomic E-state index is 5.06. The summed E-state index contributed by atoms with van der Waals surface area (Å²) in [4.78, 5) is 0. The van der Waals surface area contributed by atoms with Gasteiger partial charge in [-0.2, -0.15) is 0 Å². The molecule has 0 heterocycles. The van der Waals surface area contributed by atoms with Crippen LogP contribution < -0.4 is 34.4 Å². The Labute approximate surface area is 134 Å². The Balaban J connectivity index is -0.0000000793. The van der Waals surface area contributed by atoms with Crippen LogP contribution in [0.15, 0.2) is 0 Å². The zero-order chi connectivity index (χ0) is 15.9. The number of rotatable bonds is 6. The molecule has 6 nitrogen and oxygen atoms in total. The van der Waals surface area contributed by atoms with Gasteiger partial charge in [-0.05, 0) is 58.5 Å². The predicted molar refractivity (Wildman–Crippen MR) is 85.7 cm³/mol. The molecular weight excluding hydrogens is 357 g/mol. The van der Waals surface area contributed by atoms with E-state index in [0.717, 1.165) is 58.5 Å². The molecule has 0 amide bonds. The van der Waals surface area contributed by atoms with E-state index in [-0.39, 0.29) is 0 Å². The molecule has 126 valence electrons. The van der Waals surface area contributed by atoms with E-state index in [1.54, 1.807) is 0 Å². The van der Waals surface area contributed by atoms with Crippen LogP contribution in [0, 0.1) is 0 Å². The van der Waals surface area contributed by atoms with Crippen molar-refractivity contribution in [3.8, 4) is 0 Å². The molecule has 0 aromatic heterocycles. The fourth-order valence-electron chi connectivity index (χ4n) is 0.354. The standard InChI is InChI=1S/3C3H10N2.3ClH.Co/c3*4-2-1-3-5;;;;/h3*1-5H2;3*1H;/q;;;;;;+3/p-3. The minimum atomic E-state index is -1.19. The average Bonchev–Trinajstić information content (AvgIpc) is 2.33. The van der Waals surface area contributed by atoms with E-state index in [4.69, 9.17) is 64.8 Å². The Morgan fingerprint density at radius 1 is 0.474 bits per heavy atom. The van der Waals surface area contributed by atoms with Gasteiger partial charge in [0.05, 0.1) is 0 Å². The third kappa shape index (κ3) is 110. The molecule has 0 fully saturated rings. The first-order chi connectivity index (χ1) is 8.97. The molecule has 0 rings (SSSR count). The Bertz CT molecular complexity index is 92.9. The van der Waals surface area contributed by atoms with Crippen LogP contribution in [-0.2, 0) is 10.9 Å². The summed E-state index contributed by atoms with van der Waals surface area (Å²) in [6.07, 6.45) is 2.83. The SMILES string of the molecule is NCCCN.NCCCN.NCCCN.[Cl][Co]([Cl])[Cl]. The normalized spacial score (nSPS) is 9.00. The summed E-state index contributed by atoms with van der Waals surface area (Å²) in [5.74, 6) is 0. The van der Waals surface area contributed by atoms with E-state index >= 15 is 0 Å². The predicted octanol–water partition coefficient (Wildman–Crippen LogP) is -0.0523.